The predicted octanol–water partition coefficient (Wildman–Crippen LogP) is 5.94. The van der Waals surface area contributed by atoms with Crippen molar-refractivity contribution in [2.24, 2.45) is 23.2 Å². The lowest BCUT2D eigenvalue weighted by molar-refractivity contribution is -0.00623. The molecule has 0 heterocycles. The molecule has 0 amide bonds. The van der Waals surface area contributed by atoms with E-state index in [0.29, 0.717) is 23.5 Å². The zero-order valence-electron chi connectivity index (χ0n) is 16.0. The minimum absolute atomic E-state index is 0.0583. The normalized spacial score (nSPS) is 31.1. The number of hydrogen-bond acceptors (Lipinski definition) is 2. The van der Waals surface area contributed by atoms with E-state index in [1.807, 2.05) is 12.2 Å². The Morgan fingerprint density at radius 2 is 2.00 bits per heavy atom. The molecule has 0 aromatic heterocycles. The van der Waals surface area contributed by atoms with Crippen LogP contribution < -0.4 is 0 Å². The van der Waals surface area contributed by atoms with Gasteiger partial charge in [-0.25, -0.2) is 0 Å². The Balaban J connectivity index is 2.21. The third-order valence-corrected chi connectivity index (χ3v) is 6.59. The Hall–Kier alpha value is -1.02. The van der Waals surface area contributed by atoms with Gasteiger partial charge >= 0.3 is 0 Å². The molecule has 2 N–H and O–H groups in total. The molecule has 4 unspecified atom stereocenters. The van der Waals surface area contributed by atoms with Crippen LogP contribution in [0.15, 0.2) is 35.6 Å². The predicted molar refractivity (Wildman–Crippen MR) is 102 cm³/mol. The molecule has 136 valence electrons. The number of aliphatic hydroxyl groups excluding tert-OH is 2. The van der Waals surface area contributed by atoms with Crippen LogP contribution in [0.25, 0.3) is 0 Å². The van der Waals surface area contributed by atoms with Crippen LogP contribution in [0.3, 0.4) is 0 Å². The lowest BCUT2D eigenvalue weighted by atomic mass is 9.63. The quantitative estimate of drug-likeness (QED) is 0.566. The van der Waals surface area contributed by atoms with E-state index < -0.39 is 0 Å². The molecule has 2 aliphatic carbocycles. The van der Waals surface area contributed by atoms with E-state index in [-0.39, 0.29) is 11.5 Å². The number of hydrogen-bond donors (Lipinski definition) is 2. The topological polar surface area (TPSA) is 40.5 Å². The van der Waals surface area contributed by atoms with Gasteiger partial charge in [-0.3, -0.25) is 0 Å². The fraction of sp³-hybridized carbons (Fsp3) is 0.727. The summed E-state index contributed by atoms with van der Waals surface area (Å²) < 4.78 is 0. The molecule has 0 aromatic rings. The Labute approximate surface area is 148 Å². The van der Waals surface area contributed by atoms with Gasteiger partial charge in [0.05, 0.1) is 6.10 Å². The molecule has 0 radical (unpaired) electrons. The van der Waals surface area contributed by atoms with Crippen molar-refractivity contribution in [3.8, 4) is 0 Å². The third-order valence-electron chi connectivity index (χ3n) is 6.59. The first-order valence-corrected chi connectivity index (χ1v) is 9.91. The maximum Gasteiger partial charge on any atom is 0.111 e. The van der Waals surface area contributed by atoms with Crippen LogP contribution in [-0.4, -0.2) is 16.3 Å². The molecule has 0 bridgehead atoms. The molecule has 0 saturated carbocycles. The molecule has 2 heteroatoms. The van der Waals surface area contributed by atoms with Crippen molar-refractivity contribution in [1.29, 1.82) is 0 Å². The van der Waals surface area contributed by atoms with E-state index in [9.17, 15) is 10.2 Å². The Kier molecular flexibility index (Phi) is 6.74. The molecule has 0 saturated heterocycles. The fourth-order valence-corrected chi connectivity index (χ4v) is 4.69. The average molecular weight is 333 g/mol. The minimum Gasteiger partial charge on any atom is -0.508 e. The van der Waals surface area contributed by atoms with Crippen molar-refractivity contribution in [3.05, 3.63) is 35.6 Å². The van der Waals surface area contributed by atoms with Crippen molar-refractivity contribution >= 4 is 0 Å². The largest absolute Gasteiger partial charge is 0.508 e. The summed E-state index contributed by atoms with van der Waals surface area (Å²) in [6.45, 7) is 8.76. The van der Waals surface area contributed by atoms with Crippen LogP contribution in [-0.2, 0) is 0 Å². The Morgan fingerprint density at radius 3 is 2.62 bits per heavy atom. The zero-order valence-corrected chi connectivity index (χ0v) is 16.0. The molecular formula is C22H36O2. The van der Waals surface area contributed by atoms with Crippen molar-refractivity contribution < 1.29 is 10.2 Å². The van der Waals surface area contributed by atoms with E-state index in [2.05, 4.69) is 39.8 Å². The lowest BCUT2D eigenvalue weighted by Crippen LogP contribution is -2.40. The average Bonchev–Trinajstić information content (AvgIpc) is 2.62. The van der Waals surface area contributed by atoms with E-state index in [1.165, 1.54) is 18.4 Å². The van der Waals surface area contributed by atoms with Crippen molar-refractivity contribution in [3.63, 3.8) is 0 Å². The molecule has 2 nitrogen and oxygen atoms in total. The second-order valence-electron chi connectivity index (χ2n) is 7.98. The summed E-state index contributed by atoms with van der Waals surface area (Å²) in [5.41, 5.74) is 1.38. The standard InChI is InChI=1S/C22H36O2/c1-5-9-16-12-13-19(23)15-20(16)17-10-8-11-18(14-17)22(4,7-3)21(24)6-2/h8,11,13,15-18,21,23-24H,5-7,9-10,12,14H2,1-4H3/t16?,17?,18?,21-,22?/m0/s1. The van der Waals surface area contributed by atoms with Gasteiger partial charge in [0.25, 0.3) is 0 Å². The molecule has 24 heavy (non-hydrogen) atoms. The lowest BCUT2D eigenvalue weighted by Gasteiger charge is -2.43. The number of aliphatic hydroxyl groups is 2. The van der Waals surface area contributed by atoms with Gasteiger partial charge in [0.1, 0.15) is 5.76 Å². The summed E-state index contributed by atoms with van der Waals surface area (Å²) in [5.74, 6) is 1.93. The first kappa shape index (κ1) is 19.3. The summed E-state index contributed by atoms with van der Waals surface area (Å²) in [4.78, 5) is 0. The molecule has 0 aromatic carbocycles. The van der Waals surface area contributed by atoms with Crippen LogP contribution in [0, 0.1) is 23.2 Å². The summed E-state index contributed by atoms with van der Waals surface area (Å²) in [7, 11) is 0. The van der Waals surface area contributed by atoms with Crippen LogP contribution in [0.5, 0.6) is 0 Å². The van der Waals surface area contributed by atoms with E-state index >= 15 is 0 Å². The van der Waals surface area contributed by atoms with Gasteiger partial charge < -0.3 is 10.2 Å². The smallest absolute Gasteiger partial charge is 0.111 e. The minimum atomic E-state index is -0.254. The first-order chi connectivity index (χ1) is 11.5. The Bertz CT molecular complexity index is 502. The van der Waals surface area contributed by atoms with E-state index in [0.717, 1.165) is 32.1 Å². The first-order valence-electron chi connectivity index (χ1n) is 9.91. The highest BCUT2D eigenvalue weighted by molar-refractivity contribution is 5.28. The molecule has 2 aliphatic rings. The zero-order chi connectivity index (χ0) is 17.7. The number of rotatable bonds is 7. The fourth-order valence-electron chi connectivity index (χ4n) is 4.69. The molecule has 0 aliphatic heterocycles. The molecular weight excluding hydrogens is 296 g/mol. The maximum absolute atomic E-state index is 10.6. The van der Waals surface area contributed by atoms with Gasteiger partial charge in [-0.05, 0) is 73.8 Å². The number of allylic oxidation sites excluding steroid dienone is 5. The van der Waals surface area contributed by atoms with Gasteiger partial charge in [0.15, 0.2) is 0 Å². The SMILES string of the molecule is CCCC1CC=C(O)C=C1C1CC=CC(C(C)(CC)[C@@H](O)CC)C1. The Morgan fingerprint density at radius 1 is 1.25 bits per heavy atom. The van der Waals surface area contributed by atoms with Crippen LogP contribution in [0.4, 0.5) is 0 Å². The molecule has 5 atom stereocenters. The third kappa shape index (κ3) is 3.96. The van der Waals surface area contributed by atoms with Gasteiger partial charge in [0.2, 0.25) is 0 Å². The maximum atomic E-state index is 10.6. The highest BCUT2D eigenvalue weighted by Gasteiger charge is 2.40. The van der Waals surface area contributed by atoms with Gasteiger partial charge in [-0.2, -0.15) is 0 Å². The molecule has 0 fully saturated rings. The van der Waals surface area contributed by atoms with Gasteiger partial charge in [-0.1, -0.05) is 51.8 Å². The molecule has 2 rings (SSSR count). The highest BCUT2D eigenvalue weighted by atomic mass is 16.3. The monoisotopic (exact) mass is 332 g/mol. The van der Waals surface area contributed by atoms with Crippen molar-refractivity contribution in [1.82, 2.24) is 0 Å². The van der Waals surface area contributed by atoms with E-state index in [1.54, 1.807) is 0 Å². The van der Waals surface area contributed by atoms with Crippen LogP contribution in [0.2, 0.25) is 0 Å². The summed E-state index contributed by atoms with van der Waals surface area (Å²) in [5, 5.41) is 20.6. The highest BCUT2D eigenvalue weighted by Crippen LogP contribution is 2.46. The van der Waals surface area contributed by atoms with Gasteiger partial charge in [-0.15, -0.1) is 0 Å². The summed E-state index contributed by atoms with van der Waals surface area (Å²) in [6.07, 6.45) is 15.7. The van der Waals surface area contributed by atoms with Crippen LogP contribution in [0.1, 0.15) is 72.6 Å². The summed E-state index contributed by atoms with van der Waals surface area (Å²) in [6, 6.07) is 0. The van der Waals surface area contributed by atoms with Crippen molar-refractivity contribution in [2.45, 2.75) is 78.7 Å². The van der Waals surface area contributed by atoms with E-state index in [4.69, 9.17) is 0 Å². The van der Waals surface area contributed by atoms with Crippen molar-refractivity contribution in [2.75, 3.05) is 0 Å². The van der Waals surface area contributed by atoms with Gasteiger partial charge in [0, 0.05) is 0 Å². The van der Waals surface area contributed by atoms with Crippen LogP contribution >= 0.6 is 0 Å². The second kappa shape index (κ2) is 8.38. The molecule has 0 spiro atoms. The second-order valence-corrected chi connectivity index (χ2v) is 7.98. The summed E-state index contributed by atoms with van der Waals surface area (Å²) >= 11 is 0.